The van der Waals surface area contributed by atoms with Crippen LogP contribution in [0.3, 0.4) is 0 Å². The maximum Gasteiger partial charge on any atom is 0.258 e. The first-order valence-corrected chi connectivity index (χ1v) is 8.28. The minimum Gasteiger partial charge on any atom is -0.484 e. The lowest BCUT2D eigenvalue weighted by atomic mass is 10.0. The van der Waals surface area contributed by atoms with Gasteiger partial charge in [0.05, 0.1) is 0 Å². The Labute approximate surface area is 148 Å². The summed E-state index contributed by atoms with van der Waals surface area (Å²) >= 11 is 0. The summed E-state index contributed by atoms with van der Waals surface area (Å²) in [5, 5.41) is 5.62. The van der Waals surface area contributed by atoms with E-state index in [-0.39, 0.29) is 24.5 Å². The van der Waals surface area contributed by atoms with Crippen LogP contribution in [0.15, 0.2) is 48.5 Å². The molecule has 0 spiro atoms. The SMILES string of the molecule is CC(=O)Nc1ccc(OCC(=O)N[C@@H](C)Cc2ccccc2C)cc1. The summed E-state index contributed by atoms with van der Waals surface area (Å²) in [7, 11) is 0. The summed E-state index contributed by atoms with van der Waals surface area (Å²) in [6.45, 7) is 5.45. The van der Waals surface area contributed by atoms with Gasteiger partial charge < -0.3 is 15.4 Å². The predicted molar refractivity (Wildman–Crippen MR) is 98.7 cm³/mol. The molecule has 2 aromatic carbocycles. The third kappa shape index (κ3) is 6.30. The molecule has 0 saturated heterocycles. The van der Waals surface area contributed by atoms with Crippen molar-refractivity contribution >= 4 is 17.5 Å². The van der Waals surface area contributed by atoms with Crippen LogP contribution in [0.4, 0.5) is 5.69 Å². The highest BCUT2D eigenvalue weighted by Gasteiger charge is 2.10. The Morgan fingerprint density at radius 2 is 1.76 bits per heavy atom. The van der Waals surface area contributed by atoms with E-state index >= 15 is 0 Å². The van der Waals surface area contributed by atoms with Gasteiger partial charge in [-0.05, 0) is 55.7 Å². The van der Waals surface area contributed by atoms with Crippen LogP contribution >= 0.6 is 0 Å². The maximum atomic E-state index is 12.0. The van der Waals surface area contributed by atoms with Gasteiger partial charge in [0.15, 0.2) is 6.61 Å². The van der Waals surface area contributed by atoms with E-state index in [1.807, 2.05) is 19.1 Å². The summed E-state index contributed by atoms with van der Waals surface area (Å²) in [6.07, 6.45) is 0.782. The number of nitrogens with one attached hydrogen (secondary N) is 2. The number of carbonyl (C=O) groups is 2. The average molecular weight is 340 g/mol. The van der Waals surface area contributed by atoms with Crippen molar-refractivity contribution in [3.63, 3.8) is 0 Å². The van der Waals surface area contributed by atoms with Crippen molar-refractivity contribution in [3.05, 3.63) is 59.7 Å². The second-order valence-electron chi connectivity index (χ2n) is 6.09. The van der Waals surface area contributed by atoms with E-state index < -0.39 is 0 Å². The van der Waals surface area contributed by atoms with Gasteiger partial charge in [-0.2, -0.15) is 0 Å². The number of amides is 2. The van der Waals surface area contributed by atoms with Crippen molar-refractivity contribution in [1.29, 1.82) is 0 Å². The lowest BCUT2D eigenvalue weighted by Gasteiger charge is -2.15. The number of anilines is 1. The third-order valence-electron chi connectivity index (χ3n) is 3.74. The molecule has 2 amide bonds. The van der Waals surface area contributed by atoms with Crippen molar-refractivity contribution in [3.8, 4) is 5.75 Å². The summed E-state index contributed by atoms with van der Waals surface area (Å²) in [5.74, 6) is 0.290. The number of hydrogen-bond acceptors (Lipinski definition) is 3. The monoisotopic (exact) mass is 340 g/mol. The first-order chi connectivity index (χ1) is 11.9. The second kappa shape index (κ2) is 8.87. The van der Waals surface area contributed by atoms with Gasteiger partial charge in [-0.25, -0.2) is 0 Å². The number of carbonyl (C=O) groups excluding carboxylic acids is 2. The molecular formula is C20H24N2O3. The molecule has 1 atom stereocenters. The molecule has 2 rings (SSSR count). The average Bonchev–Trinajstić information content (AvgIpc) is 2.56. The fourth-order valence-electron chi connectivity index (χ4n) is 2.52. The van der Waals surface area contributed by atoms with Gasteiger partial charge in [0.1, 0.15) is 5.75 Å². The van der Waals surface area contributed by atoms with Crippen molar-refractivity contribution < 1.29 is 14.3 Å². The number of ether oxygens (including phenoxy) is 1. The van der Waals surface area contributed by atoms with Crippen LogP contribution in [0, 0.1) is 6.92 Å². The number of rotatable bonds is 7. The molecule has 0 aliphatic rings. The molecule has 25 heavy (non-hydrogen) atoms. The van der Waals surface area contributed by atoms with Gasteiger partial charge in [-0.15, -0.1) is 0 Å². The quantitative estimate of drug-likeness (QED) is 0.814. The highest BCUT2D eigenvalue weighted by molar-refractivity contribution is 5.88. The first kappa shape index (κ1) is 18.5. The van der Waals surface area contributed by atoms with E-state index in [1.54, 1.807) is 24.3 Å². The fourth-order valence-corrected chi connectivity index (χ4v) is 2.52. The normalized spacial score (nSPS) is 11.5. The maximum absolute atomic E-state index is 12.0. The van der Waals surface area contributed by atoms with Crippen molar-refractivity contribution in [1.82, 2.24) is 5.32 Å². The Balaban J connectivity index is 1.78. The summed E-state index contributed by atoms with van der Waals surface area (Å²) in [4.78, 5) is 23.0. The molecule has 5 heteroatoms. The molecule has 0 radical (unpaired) electrons. The molecule has 0 aliphatic heterocycles. The van der Waals surface area contributed by atoms with Gasteiger partial charge >= 0.3 is 0 Å². The predicted octanol–water partition coefficient (Wildman–Crippen LogP) is 3.08. The van der Waals surface area contributed by atoms with Crippen LogP contribution in [0.2, 0.25) is 0 Å². The molecule has 2 aromatic rings. The Kier molecular flexibility index (Phi) is 6.57. The van der Waals surface area contributed by atoms with E-state index in [0.29, 0.717) is 11.4 Å². The summed E-state index contributed by atoms with van der Waals surface area (Å²) in [6, 6.07) is 15.1. The van der Waals surface area contributed by atoms with Crippen molar-refractivity contribution in [2.75, 3.05) is 11.9 Å². The number of aryl methyl sites for hydroxylation is 1. The minimum atomic E-state index is -0.160. The van der Waals surface area contributed by atoms with Crippen LogP contribution < -0.4 is 15.4 Å². The van der Waals surface area contributed by atoms with Gasteiger partial charge in [0, 0.05) is 18.7 Å². The molecule has 0 aliphatic carbocycles. The van der Waals surface area contributed by atoms with Crippen LogP contribution in [-0.2, 0) is 16.0 Å². The zero-order chi connectivity index (χ0) is 18.2. The molecule has 0 aromatic heterocycles. The van der Waals surface area contributed by atoms with Crippen molar-refractivity contribution in [2.45, 2.75) is 33.2 Å². The lowest BCUT2D eigenvalue weighted by Crippen LogP contribution is -2.37. The van der Waals surface area contributed by atoms with Gasteiger partial charge in [0.2, 0.25) is 5.91 Å². The zero-order valence-electron chi connectivity index (χ0n) is 14.8. The highest BCUT2D eigenvalue weighted by Crippen LogP contribution is 2.15. The Hall–Kier alpha value is -2.82. The molecule has 0 bridgehead atoms. The zero-order valence-corrected chi connectivity index (χ0v) is 14.8. The molecule has 5 nitrogen and oxygen atoms in total. The topological polar surface area (TPSA) is 67.4 Å². The first-order valence-electron chi connectivity index (χ1n) is 8.28. The minimum absolute atomic E-state index is 0.0272. The molecule has 132 valence electrons. The lowest BCUT2D eigenvalue weighted by molar-refractivity contribution is -0.123. The molecular weight excluding hydrogens is 316 g/mol. The molecule has 0 saturated carbocycles. The van der Waals surface area contributed by atoms with Gasteiger partial charge in [-0.1, -0.05) is 24.3 Å². The van der Waals surface area contributed by atoms with Crippen LogP contribution in [0.5, 0.6) is 5.75 Å². The van der Waals surface area contributed by atoms with E-state index in [2.05, 4.69) is 29.7 Å². The third-order valence-corrected chi connectivity index (χ3v) is 3.74. The Morgan fingerprint density at radius 3 is 2.40 bits per heavy atom. The van der Waals surface area contributed by atoms with Crippen LogP contribution in [0.1, 0.15) is 25.0 Å². The van der Waals surface area contributed by atoms with E-state index in [4.69, 9.17) is 4.74 Å². The van der Waals surface area contributed by atoms with E-state index in [1.165, 1.54) is 18.1 Å². The molecule has 0 fully saturated rings. The highest BCUT2D eigenvalue weighted by atomic mass is 16.5. The van der Waals surface area contributed by atoms with Crippen LogP contribution in [0.25, 0.3) is 0 Å². The number of benzene rings is 2. The molecule has 0 heterocycles. The molecule has 0 unspecified atom stereocenters. The van der Waals surface area contributed by atoms with E-state index in [9.17, 15) is 9.59 Å². The Bertz CT molecular complexity index is 726. The standard InChI is InChI=1S/C20H24N2O3/c1-14-6-4-5-7-17(14)12-15(2)21-20(24)13-25-19-10-8-18(9-11-19)22-16(3)23/h4-11,15H,12-13H2,1-3H3,(H,21,24)(H,22,23)/t15-/m0/s1. The molecule has 2 N–H and O–H groups in total. The van der Waals surface area contributed by atoms with Crippen molar-refractivity contribution in [2.24, 2.45) is 0 Å². The summed E-state index contributed by atoms with van der Waals surface area (Å²) in [5.41, 5.74) is 3.14. The summed E-state index contributed by atoms with van der Waals surface area (Å²) < 4.78 is 5.48. The van der Waals surface area contributed by atoms with Crippen LogP contribution in [-0.4, -0.2) is 24.5 Å². The van der Waals surface area contributed by atoms with Gasteiger partial charge in [-0.3, -0.25) is 9.59 Å². The second-order valence-corrected chi connectivity index (χ2v) is 6.09. The Morgan fingerprint density at radius 1 is 1.08 bits per heavy atom. The number of hydrogen-bond donors (Lipinski definition) is 2. The largest absolute Gasteiger partial charge is 0.484 e. The van der Waals surface area contributed by atoms with E-state index in [0.717, 1.165) is 6.42 Å². The fraction of sp³-hybridized carbons (Fsp3) is 0.300. The smallest absolute Gasteiger partial charge is 0.258 e. The van der Waals surface area contributed by atoms with Gasteiger partial charge in [0.25, 0.3) is 5.91 Å².